The van der Waals surface area contributed by atoms with Crippen molar-refractivity contribution < 1.29 is 19.4 Å². The second-order valence-electron chi connectivity index (χ2n) is 6.53. The molecule has 0 saturated carbocycles. The van der Waals surface area contributed by atoms with Gasteiger partial charge in [-0.3, -0.25) is 9.36 Å². The van der Waals surface area contributed by atoms with E-state index in [2.05, 4.69) is 22.1 Å². The number of carbonyl (C=O) groups is 1. The quantitative estimate of drug-likeness (QED) is 0.279. The summed E-state index contributed by atoms with van der Waals surface area (Å²) in [5.41, 5.74) is 0.363. The van der Waals surface area contributed by atoms with E-state index in [4.69, 9.17) is 9.47 Å². The van der Waals surface area contributed by atoms with Crippen molar-refractivity contribution in [2.75, 3.05) is 18.2 Å². The van der Waals surface area contributed by atoms with E-state index in [1.165, 1.54) is 17.8 Å². The number of amides is 1. The lowest BCUT2D eigenvalue weighted by Gasteiger charge is -2.16. The molecule has 0 fully saturated rings. The maximum Gasteiger partial charge on any atom is 0.234 e. The van der Waals surface area contributed by atoms with Crippen LogP contribution < -0.4 is 14.8 Å². The number of ether oxygens (including phenoxy) is 2. The maximum atomic E-state index is 12.3. The summed E-state index contributed by atoms with van der Waals surface area (Å²) in [6.07, 6.45) is 1.35. The largest absolute Gasteiger partial charge is 0.506 e. The average molecular weight is 441 g/mol. The summed E-state index contributed by atoms with van der Waals surface area (Å²) >= 11 is 1.24. The SMILES string of the molecule is C=CCn1c(SCC(=O)Nc2ccccc2O)nnc1C(C)Oc1cccc(OC)c1. The van der Waals surface area contributed by atoms with Gasteiger partial charge >= 0.3 is 0 Å². The molecule has 1 atom stereocenters. The Labute approximate surface area is 184 Å². The highest BCUT2D eigenvalue weighted by Crippen LogP contribution is 2.27. The molecule has 1 heterocycles. The lowest BCUT2D eigenvalue weighted by molar-refractivity contribution is -0.113. The number of nitrogens with zero attached hydrogens (tertiary/aromatic N) is 3. The first-order valence-electron chi connectivity index (χ1n) is 9.57. The van der Waals surface area contributed by atoms with Gasteiger partial charge in [-0.25, -0.2) is 0 Å². The molecule has 0 saturated heterocycles. The Morgan fingerprint density at radius 2 is 2.03 bits per heavy atom. The first-order valence-corrected chi connectivity index (χ1v) is 10.6. The second-order valence-corrected chi connectivity index (χ2v) is 7.48. The van der Waals surface area contributed by atoms with Gasteiger partial charge in [0.2, 0.25) is 5.91 Å². The molecule has 8 nitrogen and oxygen atoms in total. The fourth-order valence-electron chi connectivity index (χ4n) is 2.84. The van der Waals surface area contributed by atoms with Gasteiger partial charge in [-0.2, -0.15) is 0 Å². The number of phenolic OH excluding ortho intramolecular Hbond substituents is 1. The van der Waals surface area contributed by atoms with Gasteiger partial charge in [-0.1, -0.05) is 36.0 Å². The van der Waals surface area contributed by atoms with Crippen LogP contribution in [0.1, 0.15) is 18.9 Å². The third-order valence-corrected chi connectivity index (χ3v) is 5.25. The molecule has 1 amide bonds. The average Bonchev–Trinajstić information content (AvgIpc) is 3.17. The number of nitrogens with one attached hydrogen (secondary N) is 1. The Morgan fingerprint density at radius 1 is 1.26 bits per heavy atom. The molecule has 2 N–H and O–H groups in total. The summed E-state index contributed by atoms with van der Waals surface area (Å²) in [4.78, 5) is 12.3. The fourth-order valence-corrected chi connectivity index (χ4v) is 3.59. The van der Waals surface area contributed by atoms with Crippen molar-refractivity contribution >= 4 is 23.4 Å². The molecule has 1 unspecified atom stereocenters. The number of hydrogen-bond donors (Lipinski definition) is 2. The number of anilines is 1. The molecule has 31 heavy (non-hydrogen) atoms. The summed E-state index contributed by atoms with van der Waals surface area (Å²) in [5.74, 6) is 1.82. The monoisotopic (exact) mass is 440 g/mol. The van der Waals surface area contributed by atoms with E-state index in [1.54, 1.807) is 37.5 Å². The standard InChI is InChI=1S/C22H24N4O4S/c1-4-12-26-21(15(2)30-17-9-7-8-16(13-17)29-3)24-25-22(26)31-14-20(28)23-18-10-5-6-11-19(18)27/h4-11,13,15,27H,1,12,14H2,2-3H3,(H,23,28). The number of methoxy groups -OCH3 is 1. The summed E-state index contributed by atoms with van der Waals surface area (Å²) < 4.78 is 13.1. The van der Waals surface area contributed by atoms with Crippen LogP contribution in [0, 0.1) is 0 Å². The van der Waals surface area contributed by atoms with Crippen LogP contribution in [-0.4, -0.2) is 38.6 Å². The van der Waals surface area contributed by atoms with Crippen LogP contribution in [0.25, 0.3) is 0 Å². The summed E-state index contributed by atoms with van der Waals surface area (Å²) in [6.45, 7) is 6.14. The lowest BCUT2D eigenvalue weighted by Crippen LogP contribution is -2.15. The van der Waals surface area contributed by atoms with Gasteiger partial charge in [-0.05, 0) is 31.2 Å². The minimum absolute atomic E-state index is 0.0153. The number of para-hydroxylation sites is 2. The molecule has 0 aliphatic carbocycles. The molecule has 9 heteroatoms. The molecule has 0 radical (unpaired) electrons. The van der Waals surface area contributed by atoms with Crippen LogP contribution in [0.15, 0.2) is 66.3 Å². The molecular formula is C22H24N4O4S. The van der Waals surface area contributed by atoms with Crippen molar-refractivity contribution in [2.24, 2.45) is 0 Å². The zero-order chi connectivity index (χ0) is 22.2. The molecule has 0 bridgehead atoms. The van der Waals surface area contributed by atoms with Crippen LogP contribution in [0.4, 0.5) is 5.69 Å². The number of rotatable bonds is 10. The van der Waals surface area contributed by atoms with E-state index in [0.29, 0.717) is 34.7 Å². The third-order valence-electron chi connectivity index (χ3n) is 4.29. The minimum Gasteiger partial charge on any atom is -0.506 e. The van der Waals surface area contributed by atoms with E-state index < -0.39 is 0 Å². The first kappa shape index (κ1) is 22.2. The van der Waals surface area contributed by atoms with Crippen LogP contribution >= 0.6 is 11.8 Å². The molecule has 0 aliphatic rings. The minimum atomic E-state index is -0.385. The van der Waals surface area contributed by atoms with Crippen LogP contribution in [0.3, 0.4) is 0 Å². The van der Waals surface area contributed by atoms with Crippen molar-refractivity contribution in [1.82, 2.24) is 14.8 Å². The molecule has 1 aromatic heterocycles. The van der Waals surface area contributed by atoms with Crippen molar-refractivity contribution in [2.45, 2.75) is 24.7 Å². The number of phenols is 1. The predicted octanol–water partition coefficient (Wildman–Crippen LogP) is 4.05. The summed E-state index contributed by atoms with van der Waals surface area (Å²) in [7, 11) is 1.60. The Balaban J connectivity index is 1.68. The zero-order valence-corrected chi connectivity index (χ0v) is 18.1. The lowest BCUT2D eigenvalue weighted by atomic mass is 10.3. The fraction of sp³-hybridized carbons (Fsp3) is 0.227. The number of hydrogen-bond acceptors (Lipinski definition) is 7. The van der Waals surface area contributed by atoms with E-state index in [9.17, 15) is 9.90 Å². The topological polar surface area (TPSA) is 98.5 Å². The van der Waals surface area contributed by atoms with Crippen LogP contribution in [0.5, 0.6) is 17.2 Å². The highest BCUT2D eigenvalue weighted by atomic mass is 32.2. The van der Waals surface area contributed by atoms with Gasteiger partial charge in [0.15, 0.2) is 17.1 Å². The van der Waals surface area contributed by atoms with E-state index in [1.807, 2.05) is 29.7 Å². The molecule has 2 aromatic carbocycles. The van der Waals surface area contributed by atoms with Gasteiger partial charge in [0.1, 0.15) is 17.2 Å². The highest BCUT2D eigenvalue weighted by Gasteiger charge is 2.20. The molecule has 3 aromatic rings. The molecule has 0 aliphatic heterocycles. The summed E-state index contributed by atoms with van der Waals surface area (Å²) in [5, 5.41) is 21.5. The van der Waals surface area contributed by atoms with Gasteiger partial charge in [-0.15, -0.1) is 16.8 Å². The Morgan fingerprint density at radius 3 is 2.77 bits per heavy atom. The third kappa shape index (κ3) is 5.79. The number of aromatic nitrogens is 3. The van der Waals surface area contributed by atoms with Gasteiger partial charge in [0.05, 0.1) is 18.6 Å². The zero-order valence-electron chi connectivity index (χ0n) is 17.3. The smallest absolute Gasteiger partial charge is 0.234 e. The normalized spacial score (nSPS) is 11.5. The predicted molar refractivity (Wildman–Crippen MR) is 120 cm³/mol. The Hall–Kier alpha value is -3.46. The molecule has 162 valence electrons. The Bertz CT molecular complexity index is 1050. The van der Waals surface area contributed by atoms with E-state index >= 15 is 0 Å². The van der Waals surface area contributed by atoms with Crippen molar-refractivity contribution in [1.29, 1.82) is 0 Å². The molecular weight excluding hydrogens is 416 g/mol. The van der Waals surface area contributed by atoms with Crippen LogP contribution in [0.2, 0.25) is 0 Å². The maximum absolute atomic E-state index is 12.3. The number of allylic oxidation sites excluding steroid dienone is 1. The second kappa shape index (κ2) is 10.5. The first-order chi connectivity index (χ1) is 15.0. The van der Waals surface area contributed by atoms with Crippen LogP contribution in [-0.2, 0) is 11.3 Å². The number of thioether (sulfide) groups is 1. The number of aromatic hydroxyl groups is 1. The van der Waals surface area contributed by atoms with Gasteiger partial charge in [0, 0.05) is 12.6 Å². The highest BCUT2D eigenvalue weighted by molar-refractivity contribution is 7.99. The summed E-state index contributed by atoms with van der Waals surface area (Å²) in [6, 6.07) is 13.9. The van der Waals surface area contributed by atoms with Crippen molar-refractivity contribution in [3.63, 3.8) is 0 Å². The van der Waals surface area contributed by atoms with Gasteiger partial charge < -0.3 is 19.9 Å². The van der Waals surface area contributed by atoms with Crippen molar-refractivity contribution in [3.8, 4) is 17.2 Å². The van der Waals surface area contributed by atoms with E-state index in [0.717, 1.165) is 0 Å². The molecule has 3 rings (SSSR count). The van der Waals surface area contributed by atoms with E-state index in [-0.39, 0.29) is 23.5 Å². The number of carbonyl (C=O) groups excluding carboxylic acids is 1. The molecule has 0 spiro atoms. The number of benzene rings is 2. The Kier molecular flexibility index (Phi) is 7.55. The van der Waals surface area contributed by atoms with Crippen molar-refractivity contribution in [3.05, 3.63) is 67.0 Å². The van der Waals surface area contributed by atoms with Gasteiger partial charge in [0.25, 0.3) is 0 Å².